The number of furan rings is 1. The zero-order valence-corrected chi connectivity index (χ0v) is 13.6. The fraction of sp³-hybridized carbons (Fsp3) is 0.167. The monoisotopic (exact) mass is 339 g/mol. The summed E-state index contributed by atoms with van der Waals surface area (Å²) in [5.74, 6) is 0.734. The van der Waals surface area contributed by atoms with Crippen LogP contribution in [0.25, 0.3) is 11.5 Å². The lowest BCUT2D eigenvalue weighted by atomic mass is 10.3. The largest absolute Gasteiger partial charge is 0.492 e. The van der Waals surface area contributed by atoms with Crippen LogP contribution in [0.4, 0.5) is 5.69 Å². The van der Waals surface area contributed by atoms with Gasteiger partial charge in [0.05, 0.1) is 24.9 Å². The third-order valence-corrected chi connectivity index (χ3v) is 3.43. The standard InChI is InChI=1S/C18H17N3O4/c1-2-24-15-7-4-3-6-13(15)20-17(22)11-21-12-19-14(10-18(21)23)16-8-5-9-25-16/h3-10,12H,2,11H2,1H3,(H,20,22). The van der Waals surface area contributed by atoms with Crippen molar-refractivity contribution in [2.75, 3.05) is 11.9 Å². The van der Waals surface area contributed by atoms with E-state index >= 15 is 0 Å². The molecule has 0 saturated carbocycles. The van der Waals surface area contributed by atoms with Crippen molar-refractivity contribution in [1.29, 1.82) is 0 Å². The van der Waals surface area contributed by atoms with Crippen LogP contribution in [-0.2, 0) is 11.3 Å². The Morgan fingerprint density at radius 1 is 1.28 bits per heavy atom. The molecule has 0 unspecified atom stereocenters. The Hall–Kier alpha value is -3.35. The predicted molar refractivity (Wildman–Crippen MR) is 92.4 cm³/mol. The molecule has 3 aromatic rings. The molecule has 0 aliphatic heterocycles. The molecule has 128 valence electrons. The second-order valence-electron chi connectivity index (χ2n) is 5.19. The first-order valence-electron chi connectivity index (χ1n) is 7.79. The molecule has 0 atom stereocenters. The van der Waals surface area contributed by atoms with Crippen LogP contribution >= 0.6 is 0 Å². The highest BCUT2D eigenvalue weighted by atomic mass is 16.5. The van der Waals surface area contributed by atoms with Crippen LogP contribution in [0.1, 0.15) is 6.92 Å². The molecule has 0 aliphatic carbocycles. The van der Waals surface area contributed by atoms with Gasteiger partial charge in [-0.3, -0.25) is 14.2 Å². The highest BCUT2D eigenvalue weighted by Crippen LogP contribution is 2.23. The van der Waals surface area contributed by atoms with Crippen molar-refractivity contribution in [3.63, 3.8) is 0 Å². The Labute approximate surface area is 143 Å². The highest BCUT2D eigenvalue weighted by Gasteiger charge is 2.10. The number of nitrogens with zero attached hydrogens (tertiary/aromatic N) is 2. The van der Waals surface area contributed by atoms with Gasteiger partial charge < -0.3 is 14.5 Å². The normalized spacial score (nSPS) is 10.4. The van der Waals surface area contributed by atoms with Crippen LogP contribution in [0.3, 0.4) is 0 Å². The van der Waals surface area contributed by atoms with Gasteiger partial charge in [-0.1, -0.05) is 12.1 Å². The second-order valence-corrected chi connectivity index (χ2v) is 5.19. The van der Waals surface area contributed by atoms with Crippen molar-refractivity contribution < 1.29 is 13.9 Å². The summed E-state index contributed by atoms with van der Waals surface area (Å²) in [6, 6.07) is 11.9. The zero-order valence-electron chi connectivity index (χ0n) is 13.6. The minimum atomic E-state index is -0.346. The Bertz CT molecular complexity index is 916. The number of carbonyl (C=O) groups excluding carboxylic acids is 1. The smallest absolute Gasteiger partial charge is 0.254 e. The maximum atomic E-state index is 12.2. The van der Waals surface area contributed by atoms with Gasteiger partial charge >= 0.3 is 0 Å². The lowest BCUT2D eigenvalue weighted by Gasteiger charge is -2.11. The van der Waals surface area contributed by atoms with Crippen LogP contribution in [0.2, 0.25) is 0 Å². The molecule has 0 fully saturated rings. The Morgan fingerprint density at radius 3 is 2.84 bits per heavy atom. The quantitative estimate of drug-likeness (QED) is 0.746. The topological polar surface area (TPSA) is 86.4 Å². The van der Waals surface area contributed by atoms with Gasteiger partial charge in [-0.2, -0.15) is 0 Å². The Kier molecular flexibility index (Phi) is 4.94. The van der Waals surface area contributed by atoms with Crippen LogP contribution < -0.4 is 15.6 Å². The van der Waals surface area contributed by atoms with Crippen LogP contribution in [0.15, 0.2) is 64.3 Å². The number of aromatic nitrogens is 2. The number of hydrogen-bond acceptors (Lipinski definition) is 5. The molecule has 0 aliphatic rings. The van der Waals surface area contributed by atoms with E-state index < -0.39 is 0 Å². The van der Waals surface area contributed by atoms with Crippen molar-refractivity contribution in [3.8, 4) is 17.2 Å². The number of rotatable bonds is 6. The molecule has 3 rings (SSSR count). The number of benzene rings is 1. The van der Waals surface area contributed by atoms with E-state index in [4.69, 9.17) is 9.15 Å². The summed E-state index contributed by atoms with van der Waals surface area (Å²) in [6.45, 7) is 2.21. The van der Waals surface area contributed by atoms with Crippen LogP contribution in [0, 0.1) is 0 Å². The van der Waals surface area contributed by atoms with Gasteiger partial charge in [-0.05, 0) is 31.2 Å². The summed E-state index contributed by atoms with van der Waals surface area (Å²) in [4.78, 5) is 28.6. The Balaban J connectivity index is 1.72. The molecule has 1 N–H and O–H groups in total. The highest BCUT2D eigenvalue weighted by molar-refractivity contribution is 5.92. The minimum Gasteiger partial charge on any atom is -0.492 e. The summed E-state index contributed by atoms with van der Waals surface area (Å²) >= 11 is 0. The van der Waals surface area contributed by atoms with E-state index in [0.29, 0.717) is 29.5 Å². The molecular weight excluding hydrogens is 322 g/mol. The van der Waals surface area contributed by atoms with Gasteiger partial charge in [0, 0.05) is 6.07 Å². The molecule has 7 heteroatoms. The Morgan fingerprint density at radius 2 is 2.12 bits per heavy atom. The number of nitrogens with one attached hydrogen (secondary N) is 1. The summed E-state index contributed by atoms with van der Waals surface area (Å²) < 4.78 is 11.9. The number of amides is 1. The third kappa shape index (κ3) is 3.95. The van der Waals surface area contributed by atoms with Gasteiger partial charge in [-0.25, -0.2) is 4.98 Å². The van der Waals surface area contributed by atoms with E-state index in [0.717, 1.165) is 0 Å². The van der Waals surface area contributed by atoms with E-state index in [1.54, 1.807) is 30.3 Å². The number of para-hydroxylation sites is 2. The van der Waals surface area contributed by atoms with Gasteiger partial charge in [0.15, 0.2) is 5.76 Å². The first-order valence-corrected chi connectivity index (χ1v) is 7.79. The van der Waals surface area contributed by atoms with E-state index in [1.165, 1.54) is 23.2 Å². The third-order valence-electron chi connectivity index (χ3n) is 3.43. The number of anilines is 1. The van der Waals surface area contributed by atoms with Crippen molar-refractivity contribution in [3.05, 3.63) is 65.4 Å². The zero-order chi connectivity index (χ0) is 17.6. The fourth-order valence-corrected chi connectivity index (χ4v) is 2.30. The molecule has 0 saturated heterocycles. The molecule has 0 spiro atoms. The van der Waals surface area contributed by atoms with Gasteiger partial charge in [-0.15, -0.1) is 0 Å². The van der Waals surface area contributed by atoms with Crippen molar-refractivity contribution in [2.24, 2.45) is 0 Å². The fourth-order valence-electron chi connectivity index (χ4n) is 2.30. The van der Waals surface area contributed by atoms with Crippen molar-refractivity contribution in [2.45, 2.75) is 13.5 Å². The molecule has 7 nitrogen and oxygen atoms in total. The summed E-state index contributed by atoms with van der Waals surface area (Å²) in [6.07, 6.45) is 2.83. The van der Waals surface area contributed by atoms with Crippen molar-refractivity contribution >= 4 is 11.6 Å². The molecule has 1 amide bonds. The predicted octanol–water partition coefficient (Wildman–Crippen LogP) is 2.54. The summed E-state index contributed by atoms with van der Waals surface area (Å²) in [5.41, 5.74) is 0.644. The number of ether oxygens (including phenoxy) is 1. The lowest BCUT2D eigenvalue weighted by Crippen LogP contribution is -2.27. The van der Waals surface area contributed by atoms with E-state index in [9.17, 15) is 9.59 Å². The summed E-state index contributed by atoms with van der Waals surface area (Å²) in [7, 11) is 0. The van der Waals surface area contributed by atoms with E-state index in [1.807, 2.05) is 13.0 Å². The van der Waals surface area contributed by atoms with Gasteiger partial charge in [0.2, 0.25) is 5.91 Å². The molecule has 2 heterocycles. The maximum Gasteiger partial charge on any atom is 0.254 e. The SMILES string of the molecule is CCOc1ccccc1NC(=O)Cn1cnc(-c2ccco2)cc1=O. The first kappa shape index (κ1) is 16.5. The second kappa shape index (κ2) is 7.48. The summed E-state index contributed by atoms with van der Waals surface area (Å²) in [5, 5.41) is 2.74. The molecular formula is C18H17N3O4. The molecule has 0 radical (unpaired) electrons. The maximum absolute atomic E-state index is 12.2. The first-order chi connectivity index (χ1) is 12.2. The molecule has 0 bridgehead atoms. The van der Waals surface area contributed by atoms with Crippen LogP contribution in [0.5, 0.6) is 5.75 Å². The van der Waals surface area contributed by atoms with Crippen LogP contribution in [-0.4, -0.2) is 22.1 Å². The van der Waals surface area contributed by atoms with E-state index in [-0.39, 0.29) is 18.0 Å². The molecule has 2 aromatic heterocycles. The van der Waals surface area contributed by atoms with Gasteiger partial charge in [0.25, 0.3) is 5.56 Å². The minimum absolute atomic E-state index is 0.148. The number of carbonyl (C=O) groups is 1. The number of hydrogen-bond donors (Lipinski definition) is 1. The van der Waals surface area contributed by atoms with E-state index in [2.05, 4.69) is 10.3 Å². The lowest BCUT2D eigenvalue weighted by molar-refractivity contribution is -0.116. The molecule has 1 aromatic carbocycles. The molecule has 25 heavy (non-hydrogen) atoms. The van der Waals surface area contributed by atoms with Crippen molar-refractivity contribution in [1.82, 2.24) is 9.55 Å². The van der Waals surface area contributed by atoms with Gasteiger partial charge in [0.1, 0.15) is 18.0 Å². The average Bonchev–Trinajstić information content (AvgIpc) is 3.13. The average molecular weight is 339 g/mol.